The van der Waals surface area contributed by atoms with E-state index in [9.17, 15) is 0 Å². The van der Waals surface area contributed by atoms with E-state index in [4.69, 9.17) is 15.4 Å². The van der Waals surface area contributed by atoms with Gasteiger partial charge in [-0.3, -0.25) is 0 Å². The molecule has 6 heteroatoms. The van der Waals surface area contributed by atoms with Gasteiger partial charge >= 0.3 is 0 Å². The molecule has 0 spiro atoms. The van der Waals surface area contributed by atoms with Gasteiger partial charge in [0.1, 0.15) is 0 Å². The summed E-state index contributed by atoms with van der Waals surface area (Å²) in [6, 6.07) is 6.47. The minimum atomic E-state index is -0.443. The molecule has 140 valence electrons. The Kier molecular flexibility index (Phi) is 3.72. The number of benzene rings is 1. The molecule has 2 aliphatic carbocycles. The first-order valence-electron chi connectivity index (χ1n) is 9.87. The lowest BCUT2D eigenvalue weighted by Crippen LogP contribution is -2.34. The van der Waals surface area contributed by atoms with E-state index in [1.54, 1.807) is 0 Å². The minimum absolute atomic E-state index is 0.443. The predicted molar refractivity (Wildman–Crippen MR) is 103 cm³/mol. The highest BCUT2D eigenvalue weighted by molar-refractivity contribution is 5.59. The molecule has 1 saturated carbocycles. The second-order valence-corrected chi connectivity index (χ2v) is 8.12. The summed E-state index contributed by atoms with van der Waals surface area (Å²) < 4.78 is 7.71. The number of aryl methyl sites for hydroxylation is 2. The van der Waals surface area contributed by atoms with Crippen molar-refractivity contribution < 1.29 is 4.52 Å². The third kappa shape index (κ3) is 2.62. The van der Waals surface area contributed by atoms with Crippen LogP contribution in [0.2, 0.25) is 0 Å². The van der Waals surface area contributed by atoms with Crippen molar-refractivity contribution in [1.82, 2.24) is 19.9 Å². The molecule has 0 radical (unpaired) electrons. The molecule has 1 aromatic carbocycles. The molecule has 0 aliphatic heterocycles. The second kappa shape index (κ2) is 6.02. The zero-order chi connectivity index (χ0) is 18.6. The van der Waals surface area contributed by atoms with Crippen molar-refractivity contribution >= 4 is 0 Å². The lowest BCUT2D eigenvalue weighted by atomic mass is 9.99. The van der Waals surface area contributed by atoms with Gasteiger partial charge in [0, 0.05) is 11.3 Å². The van der Waals surface area contributed by atoms with Crippen molar-refractivity contribution in [3.8, 4) is 17.3 Å². The number of nitrogens with zero attached hydrogens (tertiary/aromatic N) is 4. The first-order chi connectivity index (χ1) is 13.0. The Morgan fingerprint density at radius 1 is 1.11 bits per heavy atom. The molecule has 0 atom stereocenters. The molecule has 0 unspecified atom stereocenters. The Morgan fingerprint density at radius 2 is 1.93 bits per heavy atom. The highest BCUT2D eigenvalue weighted by Crippen LogP contribution is 2.37. The van der Waals surface area contributed by atoms with Gasteiger partial charge in [0.2, 0.25) is 0 Å². The average Bonchev–Trinajstić information content (AvgIpc) is 3.39. The quantitative estimate of drug-likeness (QED) is 0.766. The largest absolute Gasteiger partial charge is 0.332 e. The third-order valence-corrected chi connectivity index (χ3v) is 6.08. The Morgan fingerprint density at radius 3 is 2.70 bits per heavy atom. The van der Waals surface area contributed by atoms with Gasteiger partial charge in [-0.15, -0.1) is 0 Å². The van der Waals surface area contributed by atoms with Crippen molar-refractivity contribution in [2.45, 2.75) is 64.3 Å². The maximum absolute atomic E-state index is 6.50. The summed E-state index contributed by atoms with van der Waals surface area (Å²) in [4.78, 5) is 4.68. The van der Waals surface area contributed by atoms with E-state index in [1.807, 2.05) is 0 Å². The highest BCUT2D eigenvalue weighted by Gasteiger charge is 2.37. The first-order valence-corrected chi connectivity index (χ1v) is 9.87. The molecule has 5 rings (SSSR count). The Bertz CT molecular complexity index is 1010. The van der Waals surface area contributed by atoms with Crippen LogP contribution >= 0.6 is 0 Å². The maximum Gasteiger partial charge on any atom is 0.278 e. The Balaban J connectivity index is 1.59. The van der Waals surface area contributed by atoms with Crippen LogP contribution in [-0.2, 0) is 18.4 Å². The second-order valence-electron chi connectivity index (χ2n) is 8.12. The predicted octanol–water partition coefficient (Wildman–Crippen LogP) is 3.76. The van der Waals surface area contributed by atoms with Crippen LogP contribution < -0.4 is 5.73 Å². The molecule has 27 heavy (non-hydrogen) atoms. The van der Waals surface area contributed by atoms with Gasteiger partial charge in [0.05, 0.1) is 11.2 Å². The average molecular weight is 363 g/mol. The summed E-state index contributed by atoms with van der Waals surface area (Å²) in [5.74, 6) is 1.13. The van der Waals surface area contributed by atoms with Gasteiger partial charge in [-0.25, -0.2) is 4.68 Å². The van der Waals surface area contributed by atoms with E-state index in [0.717, 1.165) is 56.3 Å². The van der Waals surface area contributed by atoms with Gasteiger partial charge in [-0.1, -0.05) is 35.7 Å². The third-order valence-electron chi connectivity index (χ3n) is 6.08. The lowest BCUT2D eigenvalue weighted by molar-refractivity contribution is 0.372. The number of aromatic nitrogens is 4. The molecule has 1 fully saturated rings. The molecule has 0 bridgehead atoms. The van der Waals surface area contributed by atoms with Crippen molar-refractivity contribution in [1.29, 1.82) is 0 Å². The van der Waals surface area contributed by atoms with Gasteiger partial charge < -0.3 is 10.3 Å². The van der Waals surface area contributed by atoms with Gasteiger partial charge in [-0.05, 0) is 57.6 Å². The number of fused-ring (bicyclic) bond motifs is 1. The number of hydrogen-bond donors (Lipinski definition) is 1. The summed E-state index contributed by atoms with van der Waals surface area (Å²) in [6.07, 6.45) is 7.24. The fourth-order valence-corrected chi connectivity index (χ4v) is 4.60. The van der Waals surface area contributed by atoms with Gasteiger partial charge in [0.25, 0.3) is 5.89 Å². The molecule has 2 N–H and O–H groups in total. The standard InChI is InChI=1S/C21H25N5O/c1-13-8-9-16(14(2)12-13)26-17-7-5-6-15(17)18(24-26)19-23-20(25-27-19)21(22)10-3-4-11-21/h8-9,12H,3-7,10-11,22H2,1-2H3. The first kappa shape index (κ1) is 16.7. The van der Waals surface area contributed by atoms with Crippen LogP contribution in [0.4, 0.5) is 0 Å². The van der Waals surface area contributed by atoms with Crippen molar-refractivity contribution in [2.24, 2.45) is 5.73 Å². The molecular formula is C21H25N5O. The van der Waals surface area contributed by atoms with E-state index >= 15 is 0 Å². The molecule has 3 aromatic rings. The smallest absolute Gasteiger partial charge is 0.278 e. The molecule has 2 aromatic heterocycles. The van der Waals surface area contributed by atoms with Crippen molar-refractivity contribution in [3.05, 3.63) is 46.4 Å². The SMILES string of the molecule is Cc1ccc(-n2nc(-c3nc(C4(N)CCCC4)no3)c3c2CCC3)c(C)c1. The monoisotopic (exact) mass is 363 g/mol. The Hall–Kier alpha value is -2.47. The van der Waals surface area contributed by atoms with Crippen LogP contribution in [0.3, 0.4) is 0 Å². The van der Waals surface area contributed by atoms with Crippen molar-refractivity contribution in [3.63, 3.8) is 0 Å². The van der Waals surface area contributed by atoms with Crippen LogP contribution in [0.5, 0.6) is 0 Å². The van der Waals surface area contributed by atoms with Gasteiger partial charge in [-0.2, -0.15) is 10.1 Å². The number of hydrogen-bond acceptors (Lipinski definition) is 5. The Labute approximate surface area is 158 Å². The normalized spacial score (nSPS) is 18.2. The molecule has 2 aliphatic rings. The van der Waals surface area contributed by atoms with Crippen LogP contribution in [-0.4, -0.2) is 19.9 Å². The summed E-state index contributed by atoms with van der Waals surface area (Å²) in [6.45, 7) is 4.25. The van der Waals surface area contributed by atoms with Crippen LogP contribution in [0, 0.1) is 13.8 Å². The van der Waals surface area contributed by atoms with Crippen LogP contribution in [0.1, 0.15) is 60.3 Å². The summed E-state index contributed by atoms with van der Waals surface area (Å²) in [7, 11) is 0. The number of rotatable bonds is 3. The minimum Gasteiger partial charge on any atom is -0.332 e. The molecule has 0 saturated heterocycles. The van der Waals surface area contributed by atoms with Gasteiger partial charge in [0.15, 0.2) is 11.5 Å². The summed E-state index contributed by atoms with van der Waals surface area (Å²) >= 11 is 0. The van der Waals surface area contributed by atoms with E-state index in [1.165, 1.54) is 22.4 Å². The molecular weight excluding hydrogens is 338 g/mol. The highest BCUT2D eigenvalue weighted by atomic mass is 16.5. The van der Waals surface area contributed by atoms with E-state index in [0.29, 0.717) is 11.7 Å². The summed E-state index contributed by atoms with van der Waals surface area (Å²) in [5.41, 5.74) is 13.0. The van der Waals surface area contributed by atoms with E-state index in [2.05, 4.69) is 46.9 Å². The topological polar surface area (TPSA) is 82.8 Å². The lowest BCUT2D eigenvalue weighted by Gasteiger charge is -2.17. The fraction of sp³-hybridized carbons (Fsp3) is 0.476. The van der Waals surface area contributed by atoms with Crippen LogP contribution in [0.15, 0.2) is 22.7 Å². The maximum atomic E-state index is 6.50. The molecule has 0 amide bonds. The van der Waals surface area contributed by atoms with Crippen LogP contribution in [0.25, 0.3) is 17.3 Å². The molecule has 6 nitrogen and oxygen atoms in total. The van der Waals surface area contributed by atoms with E-state index < -0.39 is 5.54 Å². The zero-order valence-electron chi connectivity index (χ0n) is 16.0. The number of nitrogens with two attached hydrogens (primary N) is 1. The summed E-state index contributed by atoms with van der Waals surface area (Å²) in [5, 5.41) is 9.13. The zero-order valence-corrected chi connectivity index (χ0v) is 16.0. The van der Waals surface area contributed by atoms with Crippen molar-refractivity contribution in [2.75, 3.05) is 0 Å². The fourth-order valence-electron chi connectivity index (χ4n) is 4.60. The van der Waals surface area contributed by atoms with E-state index in [-0.39, 0.29) is 0 Å². The molecule has 2 heterocycles.